The van der Waals surface area contributed by atoms with Crippen LogP contribution in [0.5, 0.6) is 0 Å². The molecule has 1 aromatic rings. The average Bonchev–Trinajstić information content (AvgIpc) is 3.16. The van der Waals surface area contributed by atoms with Gasteiger partial charge in [-0.3, -0.25) is 14.5 Å². The summed E-state index contributed by atoms with van der Waals surface area (Å²) in [5, 5.41) is 2.86. The van der Waals surface area contributed by atoms with Crippen LogP contribution in [0.3, 0.4) is 0 Å². The molecular formula is C19H29N5O4. The van der Waals surface area contributed by atoms with E-state index in [1.54, 1.807) is 18.2 Å². The number of nitrogens with one attached hydrogen (secondary N) is 1. The Bertz CT molecular complexity index is 693. The van der Waals surface area contributed by atoms with Gasteiger partial charge < -0.3 is 19.7 Å². The molecule has 2 aliphatic rings. The molecule has 0 spiro atoms. The monoisotopic (exact) mass is 391 g/mol. The number of ether oxygens (including phenoxy) is 2. The first-order valence-electron chi connectivity index (χ1n) is 9.80. The molecule has 0 unspecified atom stereocenters. The number of morpholine rings is 1. The van der Waals surface area contributed by atoms with Crippen LogP contribution in [0.15, 0.2) is 6.20 Å². The van der Waals surface area contributed by atoms with Gasteiger partial charge in [0.15, 0.2) is 0 Å². The number of likely N-dealkylation sites (tertiary alicyclic amines) is 1. The van der Waals surface area contributed by atoms with Crippen molar-refractivity contribution in [1.29, 1.82) is 0 Å². The van der Waals surface area contributed by atoms with Crippen molar-refractivity contribution in [3.05, 3.63) is 23.3 Å². The third kappa shape index (κ3) is 5.03. The second-order valence-corrected chi connectivity index (χ2v) is 7.09. The molecule has 3 heterocycles. The van der Waals surface area contributed by atoms with E-state index in [1.165, 1.54) is 0 Å². The minimum absolute atomic E-state index is 0.0456. The Hall–Kier alpha value is -2.10. The third-order valence-corrected chi connectivity index (χ3v) is 5.12. The zero-order valence-corrected chi connectivity index (χ0v) is 16.6. The molecule has 28 heavy (non-hydrogen) atoms. The van der Waals surface area contributed by atoms with Crippen molar-refractivity contribution in [2.24, 2.45) is 0 Å². The summed E-state index contributed by atoms with van der Waals surface area (Å²) < 4.78 is 10.3. The number of hydrogen-bond donors (Lipinski definition) is 1. The van der Waals surface area contributed by atoms with Crippen LogP contribution >= 0.6 is 0 Å². The second kappa shape index (κ2) is 9.90. The molecule has 154 valence electrons. The Morgan fingerprint density at radius 3 is 2.86 bits per heavy atom. The van der Waals surface area contributed by atoms with E-state index in [0.717, 1.165) is 25.1 Å². The van der Waals surface area contributed by atoms with Crippen LogP contribution in [0.25, 0.3) is 0 Å². The summed E-state index contributed by atoms with van der Waals surface area (Å²) in [4.78, 5) is 38.1. The molecule has 0 aliphatic carbocycles. The van der Waals surface area contributed by atoms with Crippen molar-refractivity contribution in [3.8, 4) is 0 Å². The predicted octanol–water partition coefficient (Wildman–Crippen LogP) is 0.157. The van der Waals surface area contributed by atoms with Gasteiger partial charge in [0.1, 0.15) is 5.82 Å². The predicted molar refractivity (Wildman–Crippen MR) is 102 cm³/mol. The number of carbonyl (C=O) groups is 2. The van der Waals surface area contributed by atoms with Crippen molar-refractivity contribution >= 4 is 11.8 Å². The third-order valence-electron chi connectivity index (χ3n) is 5.12. The highest BCUT2D eigenvalue weighted by Crippen LogP contribution is 2.32. The Morgan fingerprint density at radius 1 is 1.32 bits per heavy atom. The standard InChI is InChI=1S/C19H29N5O4/c1-14-21-12-15(19(26)23-7-10-28-11-8-23)18(22-14)16-4-3-6-24(16)13-17(25)20-5-9-27-2/h12,16H,3-11,13H2,1-2H3,(H,20,25)/t16-/m1/s1. The lowest BCUT2D eigenvalue weighted by Crippen LogP contribution is -2.42. The maximum absolute atomic E-state index is 13.1. The minimum Gasteiger partial charge on any atom is -0.383 e. The Morgan fingerprint density at radius 2 is 2.11 bits per heavy atom. The van der Waals surface area contributed by atoms with E-state index in [0.29, 0.717) is 50.8 Å². The molecule has 2 amide bonds. The fourth-order valence-corrected chi connectivity index (χ4v) is 3.70. The van der Waals surface area contributed by atoms with E-state index >= 15 is 0 Å². The van der Waals surface area contributed by atoms with Gasteiger partial charge in [-0.15, -0.1) is 0 Å². The van der Waals surface area contributed by atoms with Gasteiger partial charge in [-0.05, 0) is 26.3 Å². The van der Waals surface area contributed by atoms with Crippen molar-refractivity contribution in [1.82, 2.24) is 25.1 Å². The van der Waals surface area contributed by atoms with E-state index in [1.807, 2.05) is 6.92 Å². The SMILES string of the molecule is COCCNC(=O)CN1CCC[C@@H]1c1nc(C)ncc1C(=O)N1CCOCC1. The van der Waals surface area contributed by atoms with Crippen LogP contribution in [0.1, 0.15) is 40.8 Å². The van der Waals surface area contributed by atoms with Crippen LogP contribution in [0.2, 0.25) is 0 Å². The number of methoxy groups -OCH3 is 1. The first-order chi connectivity index (χ1) is 13.6. The molecule has 9 heteroatoms. The number of amides is 2. The Kier molecular flexibility index (Phi) is 7.30. The zero-order chi connectivity index (χ0) is 19.9. The summed E-state index contributed by atoms with van der Waals surface area (Å²) >= 11 is 0. The Balaban J connectivity index is 1.76. The maximum Gasteiger partial charge on any atom is 0.257 e. The van der Waals surface area contributed by atoms with Crippen molar-refractivity contribution in [2.75, 3.05) is 59.7 Å². The number of hydrogen-bond acceptors (Lipinski definition) is 7. The summed E-state index contributed by atoms with van der Waals surface area (Å²) in [6, 6.07) is -0.0603. The van der Waals surface area contributed by atoms with Gasteiger partial charge in [0.25, 0.3) is 5.91 Å². The highest BCUT2D eigenvalue weighted by molar-refractivity contribution is 5.95. The normalized spacial score (nSPS) is 20.4. The van der Waals surface area contributed by atoms with Gasteiger partial charge >= 0.3 is 0 Å². The van der Waals surface area contributed by atoms with Gasteiger partial charge in [0.2, 0.25) is 5.91 Å². The Labute approximate surface area is 165 Å². The van der Waals surface area contributed by atoms with E-state index < -0.39 is 0 Å². The molecule has 2 aliphatic heterocycles. The lowest BCUT2D eigenvalue weighted by atomic mass is 10.0. The van der Waals surface area contributed by atoms with Gasteiger partial charge in [-0.2, -0.15) is 0 Å². The second-order valence-electron chi connectivity index (χ2n) is 7.09. The minimum atomic E-state index is -0.0605. The fourth-order valence-electron chi connectivity index (χ4n) is 3.70. The highest BCUT2D eigenvalue weighted by Gasteiger charge is 2.33. The van der Waals surface area contributed by atoms with Crippen LogP contribution < -0.4 is 5.32 Å². The maximum atomic E-state index is 13.1. The summed E-state index contributed by atoms with van der Waals surface area (Å²) in [6.45, 7) is 6.11. The van der Waals surface area contributed by atoms with E-state index in [2.05, 4.69) is 20.2 Å². The summed E-state index contributed by atoms with van der Waals surface area (Å²) in [5.74, 6) is 0.524. The average molecular weight is 391 g/mol. The number of rotatable bonds is 7. The van der Waals surface area contributed by atoms with Crippen LogP contribution in [0, 0.1) is 6.92 Å². The van der Waals surface area contributed by atoms with Crippen LogP contribution in [-0.2, 0) is 14.3 Å². The summed E-state index contributed by atoms with van der Waals surface area (Å²) in [7, 11) is 1.60. The van der Waals surface area contributed by atoms with Crippen LogP contribution in [-0.4, -0.2) is 91.2 Å². The van der Waals surface area contributed by atoms with Crippen molar-refractivity contribution < 1.29 is 19.1 Å². The van der Waals surface area contributed by atoms with Crippen LogP contribution in [0.4, 0.5) is 0 Å². The molecule has 1 aromatic heterocycles. The van der Waals surface area contributed by atoms with Crippen molar-refractivity contribution in [2.45, 2.75) is 25.8 Å². The first kappa shape index (κ1) is 20.6. The molecule has 0 aromatic carbocycles. The molecule has 1 N–H and O–H groups in total. The van der Waals surface area contributed by atoms with Gasteiger partial charge in [-0.1, -0.05) is 0 Å². The lowest BCUT2D eigenvalue weighted by molar-refractivity contribution is -0.122. The van der Waals surface area contributed by atoms with Gasteiger partial charge in [-0.25, -0.2) is 9.97 Å². The van der Waals surface area contributed by atoms with Gasteiger partial charge in [0.05, 0.1) is 43.7 Å². The zero-order valence-electron chi connectivity index (χ0n) is 16.6. The summed E-state index contributed by atoms with van der Waals surface area (Å²) in [6.07, 6.45) is 3.46. The largest absolute Gasteiger partial charge is 0.383 e. The van der Waals surface area contributed by atoms with Crippen molar-refractivity contribution in [3.63, 3.8) is 0 Å². The molecule has 1 atom stereocenters. The fraction of sp³-hybridized carbons (Fsp3) is 0.684. The molecular weight excluding hydrogens is 362 g/mol. The number of aryl methyl sites for hydroxylation is 1. The molecule has 2 fully saturated rings. The highest BCUT2D eigenvalue weighted by atomic mass is 16.5. The number of nitrogens with zero attached hydrogens (tertiary/aromatic N) is 4. The van der Waals surface area contributed by atoms with E-state index in [9.17, 15) is 9.59 Å². The molecule has 3 rings (SSSR count). The number of carbonyl (C=O) groups excluding carboxylic acids is 2. The lowest BCUT2D eigenvalue weighted by Gasteiger charge is -2.29. The van der Waals surface area contributed by atoms with E-state index in [4.69, 9.17) is 9.47 Å². The molecule has 2 saturated heterocycles. The molecule has 0 radical (unpaired) electrons. The molecule has 9 nitrogen and oxygen atoms in total. The van der Waals surface area contributed by atoms with Gasteiger partial charge in [0, 0.05) is 32.9 Å². The molecule has 0 saturated carbocycles. The molecule has 0 bridgehead atoms. The quantitative estimate of drug-likeness (QED) is 0.661. The summed E-state index contributed by atoms with van der Waals surface area (Å²) in [5.41, 5.74) is 1.26. The smallest absolute Gasteiger partial charge is 0.257 e. The van der Waals surface area contributed by atoms with E-state index in [-0.39, 0.29) is 24.4 Å². The first-order valence-corrected chi connectivity index (χ1v) is 9.80. The number of aromatic nitrogens is 2. The topological polar surface area (TPSA) is 96.9 Å².